The average Bonchev–Trinajstić information content (AvgIpc) is 2.68. The maximum absolute atomic E-state index is 12.1. The highest BCUT2D eigenvalue weighted by molar-refractivity contribution is 7.80. The lowest BCUT2D eigenvalue weighted by Crippen LogP contribution is -2.51. The Morgan fingerprint density at radius 3 is 2.81 bits per heavy atom. The second kappa shape index (κ2) is 9.22. The van der Waals surface area contributed by atoms with Gasteiger partial charge in [0, 0.05) is 25.0 Å². The molecule has 0 bridgehead atoms. The minimum Gasteiger partial charge on any atom is -0.298 e. The highest BCUT2D eigenvalue weighted by Crippen LogP contribution is 2.28. The van der Waals surface area contributed by atoms with Gasteiger partial charge in [-0.3, -0.25) is 20.5 Å². The Kier molecular flexibility index (Phi) is 6.46. The zero-order valence-corrected chi connectivity index (χ0v) is 15.3. The Morgan fingerprint density at radius 1 is 1.19 bits per heavy atom. The minimum absolute atomic E-state index is 0.201. The van der Waals surface area contributed by atoms with Gasteiger partial charge in [-0.2, -0.15) is 0 Å². The first-order valence-electron chi connectivity index (χ1n) is 8.73. The molecule has 1 aliphatic heterocycles. The molecule has 2 heterocycles. The minimum atomic E-state index is -0.249. The van der Waals surface area contributed by atoms with E-state index in [-0.39, 0.29) is 11.9 Å². The van der Waals surface area contributed by atoms with Gasteiger partial charge in [-0.1, -0.05) is 42.8 Å². The van der Waals surface area contributed by atoms with E-state index in [1.165, 1.54) is 6.08 Å². The maximum Gasteiger partial charge on any atom is 0.250 e. The van der Waals surface area contributed by atoms with Crippen molar-refractivity contribution in [2.75, 3.05) is 6.54 Å². The number of carbonyl (C=O) groups excluding carboxylic acids is 1. The molecule has 1 atom stereocenters. The molecule has 0 radical (unpaired) electrons. The van der Waals surface area contributed by atoms with Crippen LogP contribution in [0.15, 0.2) is 60.9 Å². The van der Waals surface area contributed by atoms with Crippen LogP contribution in [0.4, 0.5) is 0 Å². The smallest absolute Gasteiger partial charge is 0.250 e. The number of piperidine rings is 1. The van der Waals surface area contributed by atoms with Crippen molar-refractivity contribution >= 4 is 29.3 Å². The molecule has 1 saturated heterocycles. The molecule has 2 N–H and O–H groups in total. The summed E-state index contributed by atoms with van der Waals surface area (Å²) in [5, 5.41) is 5.10. The number of nitrogens with zero attached hydrogens (tertiary/aromatic N) is 2. The number of thiocarbonyl (C=S) groups is 1. The Hall–Kier alpha value is -2.57. The molecule has 134 valence electrons. The number of carbonyl (C=O) groups is 1. The van der Waals surface area contributed by atoms with Crippen molar-refractivity contribution in [1.29, 1.82) is 0 Å². The van der Waals surface area contributed by atoms with Gasteiger partial charge in [-0.25, -0.2) is 5.01 Å². The molecule has 1 unspecified atom stereocenters. The van der Waals surface area contributed by atoms with Gasteiger partial charge in [0.25, 0.3) is 0 Å². The van der Waals surface area contributed by atoms with Gasteiger partial charge in [0.05, 0.1) is 6.04 Å². The van der Waals surface area contributed by atoms with Gasteiger partial charge >= 0.3 is 0 Å². The summed E-state index contributed by atoms with van der Waals surface area (Å²) in [4.78, 5) is 16.3. The van der Waals surface area contributed by atoms with E-state index in [1.807, 2.05) is 42.6 Å². The lowest BCUT2D eigenvalue weighted by Gasteiger charge is -2.36. The summed E-state index contributed by atoms with van der Waals surface area (Å²) in [7, 11) is 0. The molecule has 0 aliphatic carbocycles. The van der Waals surface area contributed by atoms with Crippen LogP contribution < -0.4 is 10.7 Å². The van der Waals surface area contributed by atoms with Crippen LogP contribution in [0.5, 0.6) is 0 Å². The third-order valence-corrected chi connectivity index (χ3v) is 4.47. The summed E-state index contributed by atoms with van der Waals surface area (Å²) >= 11 is 5.31. The van der Waals surface area contributed by atoms with E-state index in [2.05, 4.69) is 26.8 Å². The van der Waals surface area contributed by atoms with Gasteiger partial charge in [0.1, 0.15) is 0 Å². The van der Waals surface area contributed by atoms with Crippen LogP contribution in [-0.4, -0.2) is 27.6 Å². The van der Waals surface area contributed by atoms with E-state index >= 15 is 0 Å². The van der Waals surface area contributed by atoms with E-state index in [0.29, 0.717) is 5.11 Å². The first-order chi connectivity index (χ1) is 12.7. The molecule has 2 aromatic rings. The fourth-order valence-corrected chi connectivity index (χ4v) is 3.25. The molecule has 1 aromatic heterocycles. The molecule has 1 aromatic carbocycles. The normalized spacial score (nSPS) is 17.8. The van der Waals surface area contributed by atoms with E-state index < -0.39 is 0 Å². The lowest BCUT2D eigenvalue weighted by molar-refractivity contribution is -0.115. The molecule has 3 rings (SSSR count). The van der Waals surface area contributed by atoms with Crippen LogP contribution in [0.2, 0.25) is 0 Å². The first-order valence-corrected chi connectivity index (χ1v) is 9.14. The number of benzene rings is 1. The topological polar surface area (TPSA) is 57.3 Å². The lowest BCUT2D eigenvalue weighted by atomic mass is 9.98. The zero-order valence-electron chi connectivity index (χ0n) is 14.5. The predicted molar refractivity (Wildman–Crippen MR) is 107 cm³/mol. The van der Waals surface area contributed by atoms with Crippen molar-refractivity contribution in [1.82, 2.24) is 20.7 Å². The number of nitrogens with one attached hydrogen (secondary N) is 2. The number of amides is 1. The molecule has 1 fully saturated rings. The van der Waals surface area contributed by atoms with Crippen LogP contribution in [0.25, 0.3) is 6.08 Å². The van der Waals surface area contributed by atoms with E-state index in [4.69, 9.17) is 12.2 Å². The second-order valence-corrected chi connectivity index (χ2v) is 6.57. The third kappa shape index (κ3) is 5.21. The number of hydrogen-bond donors (Lipinski definition) is 2. The van der Waals surface area contributed by atoms with Crippen molar-refractivity contribution in [2.24, 2.45) is 0 Å². The first kappa shape index (κ1) is 18.2. The Balaban J connectivity index is 1.56. The summed E-state index contributed by atoms with van der Waals surface area (Å²) in [5.41, 5.74) is 5.29. The summed E-state index contributed by atoms with van der Waals surface area (Å²) in [5.74, 6) is -0.249. The van der Waals surface area contributed by atoms with Crippen LogP contribution >= 0.6 is 12.2 Å². The van der Waals surface area contributed by atoms with Crippen molar-refractivity contribution in [3.8, 4) is 0 Å². The fraction of sp³-hybridized carbons (Fsp3) is 0.250. The highest BCUT2D eigenvalue weighted by Gasteiger charge is 2.24. The van der Waals surface area contributed by atoms with Crippen molar-refractivity contribution in [3.05, 3.63) is 72.1 Å². The largest absolute Gasteiger partial charge is 0.298 e. The molecular formula is C20H22N4OS. The van der Waals surface area contributed by atoms with Gasteiger partial charge in [0.2, 0.25) is 5.91 Å². The number of hydrazine groups is 1. The maximum atomic E-state index is 12.1. The quantitative estimate of drug-likeness (QED) is 0.643. The standard InChI is InChI=1S/C20H22N4OS/c25-19(12-11-16-7-2-1-3-8-16)22-20(26)23-24-14-5-4-10-18(24)17-9-6-13-21-15-17/h1-3,6-9,11-13,15,18H,4-5,10,14H2,(H2,22,23,25,26). The van der Waals surface area contributed by atoms with Crippen molar-refractivity contribution in [2.45, 2.75) is 25.3 Å². The average molecular weight is 366 g/mol. The summed E-state index contributed by atoms with van der Waals surface area (Å²) < 4.78 is 0. The number of hydrogen-bond acceptors (Lipinski definition) is 4. The molecular weight excluding hydrogens is 344 g/mol. The van der Waals surface area contributed by atoms with Crippen LogP contribution in [0, 0.1) is 0 Å². The Bertz CT molecular complexity index is 764. The fourth-order valence-electron chi connectivity index (χ4n) is 3.03. The van der Waals surface area contributed by atoms with Crippen LogP contribution in [0.1, 0.15) is 36.4 Å². The molecule has 1 amide bonds. The summed E-state index contributed by atoms with van der Waals surface area (Å²) in [6.45, 7) is 0.870. The Labute approximate surface area is 159 Å². The molecule has 0 spiro atoms. The zero-order chi connectivity index (χ0) is 18.2. The van der Waals surface area contributed by atoms with Crippen molar-refractivity contribution < 1.29 is 4.79 Å². The summed E-state index contributed by atoms with van der Waals surface area (Å²) in [6.07, 6.45) is 10.2. The molecule has 6 heteroatoms. The highest BCUT2D eigenvalue weighted by atomic mass is 32.1. The van der Waals surface area contributed by atoms with Crippen molar-refractivity contribution in [3.63, 3.8) is 0 Å². The van der Waals surface area contributed by atoms with Gasteiger partial charge in [-0.15, -0.1) is 0 Å². The number of rotatable bonds is 4. The van der Waals surface area contributed by atoms with Gasteiger partial charge in [-0.05, 0) is 48.3 Å². The SMILES string of the molecule is O=C(C=Cc1ccccc1)NC(=S)NN1CCCCC1c1cccnc1. The van der Waals surface area contributed by atoms with E-state index in [0.717, 1.165) is 36.9 Å². The predicted octanol–water partition coefficient (Wildman–Crippen LogP) is 3.23. The van der Waals surface area contributed by atoms with Gasteiger partial charge < -0.3 is 0 Å². The van der Waals surface area contributed by atoms with Gasteiger partial charge in [0.15, 0.2) is 5.11 Å². The summed E-state index contributed by atoms with van der Waals surface area (Å²) in [6, 6.07) is 13.9. The van der Waals surface area contributed by atoms with Crippen LogP contribution in [0.3, 0.4) is 0 Å². The van der Waals surface area contributed by atoms with E-state index in [1.54, 1.807) is 12.3 Å². The van der Waals surface area contributed by atoms with E-state index in [9.17, 15) is 4.79 Å². The second-order valence-electron chi connectivity index (χ2n) is 6.17. The molecule has 0 saturated carbocycles. The molecule has 26 heavy (non-hydrogen) atoms. The monoisotopic (exact) mass is 366 g/mol. The third-order valence-electron chi connectivity index (χ3n) is 4.28. The van der Waals surface area contributed by atoms with Crippen LogP contribution in [-0.2, 0) is 4.79 Å². The number of pyridine rings is 1. The number of aromatic nitrogens is 1. The molecule has 5 nitrogen and oxygen atoms in total. The molecule has 1 aliphatic rings. The Morgan fingerprint density at radius 2 is 2.04 bits per heavy atom.